The second-order valence-electron chi connectivity index (χ2n) is 8.22. The topological polar surface area (TPSA) is 132 Å². The molecule has 12 heteroatoms. The molecule has 0 radical (unpaired) electrons. The van der Waals surface area contributed by atoms with E-state index in [4.69, 9.17) is 14.6 Å². The average Bonchev–Trinajstić information content (AvgIpc) is 2.89. The highest BCUT2D eigenvalue weighted by atomic mass is 32.2. The van der Waals surface area contributed by atoms with Crippen molar-refractivity contribution < 1.29 is 41.4 Å². The highest BCUT2D eigenvalue weighted by Crippen LogP contribution is 2.29. The molecule has 2 aromatic carbocycles. The molecule has 1 aliphatic heterocycles. The van der Waals surface area contributed by atoms with Gasteiger partial charge < -0.3 is 19.9 Å². The number of amides is 1. The summed E-state index contributed by atoms with van der Waals surface area (Å²) in [6.07, 6.45) is 0.301. The quantitative estimate of drug-likeness (QED) is 0.448. The van der Waals surface area contributed by atoms with Crippen LogP contribution in [0.5, 0.6) is 5.75 Å². The lowest BCUT2D eigenvalue weighted by Crippen LogP contribution is -2.29. The van der Waals surface area contributed by atoms with Crippen LogP contribution in [0.1, 0.15) is 34.9 Å². The maximum Gasteiger partial charge on any atom is 0.337 e. The zero-order valence-corrected chi connectivity index (χ0v) is 20.1. The van der Waals surface area contributed by atoms with Crippen LogP contribution in [0, 0.1) is 11.6 Å². The third-order valence-electron chi connectivity index (χ3n) is 5.76. The Balaban J connectivity index is 1.62. The summed E-state index contributed by atoms with van der Waals surface area (Å²) in [5.41, 5.74) is 0.0924. The number of carbonyl (C=O) groups is 2. The van der Waals surface area contributed by atoms with Gasteiger partial charge in [0.05, 0.1) is 15.7 Å². The monoisotopic (exact) mass is 532 g/mol. The number of pyridine rings is 1. The Kier molecular flexibility index (Phi) is 7.79. The summed E-state index contributed by atoms with van der Waals surface area (Å²) in [5, 5.41) is 10.9. The van der Waals surface area contributed by atoms with E-state index in [0.29, 0.717) is 32.1 Å². The van der Waals surface area contributed by atoms with Crippen molar-refractivity contribution in [2.75, 3.05) is 18.5 Å². The van der Waals surface area contributed by atoms with Crippen LogP contribution < -0.4 is 10.1 Å². The van der Waals surface area contributed by atoms with E-state index in [0.717, 1.165) is 18.3 Å². The number of hydrogen-bond donors (Lipinski definition) is 2. The van der Waals surface area contributed by atoms with Crippen LogP contribution in [0.25, 0.3) is 0 Å². The van der Waals surface area contributed by atoms with E-state index in [2.05, 4.69) is 10.3 Å². The van der Waals surface area contributed by atoms with Gasteiger partial charge in [0.25, 0.3) is 5.91 Å². The highest BCUT2D eigenvalue weighted by molar-refractivity contribution is 7.92. The number of ether oxygens (including phenoxy) is 2. The molecule has 37 heavy (non-hydrogen) atoms. The van der Waals surface area contributed by atoms with Gasteiger partial charge in [0.1, 0.15) is 11.6 Å². The van der Waals surface area contributed by atoms with E-state index in [1.54, 1.807) is 0 Å². The molecule has 0 spiro atoms. The number of aromatic nitrogens is 1. The summed E-state index contributed by atoms with van der Waals surface area (Å²) in [5.74, 6) is -4.29. The van der Waals surface area contributed by atoms with Crippen molar-refractivity contribution in [3.63, 3.8) is 0 Å². The van der Waals surface area contributed by atoms with Gasteiger partial charge in [-0.3, -0.25) is 4.79 Å². The molecule has 1 saturated heterocycles. The van der Waals surface area contributed by atoms with E-state index >= 15 is 0 Å². The molecule has 3 aromatic rings. The van der Waals surface area contributed by atoms with Crippen LogP contribution in [0.4, 0.5) is 14.6 Å². The molecule has 194 valence electrons. The minimum Gasteiger partial charge on any atom is -0.478 e. The van der Waals surface area contributed by atoms with Crippen molar-refractivity contribution >= 4 is 27.5 Å². The van der Waals surface area contributed by atoms with E-state index in [9.17, 15) is 26.8 Å². The van der Waals surface area contributed by atoms with Gasteiger partial charge in [0.2, 0.25) is 6.10 Å². The molecule has 0 aliphatic carbocycles. The molecule has 0 bridgehead atoms. The van der Waals surface area contributed by atoms with Crippen molar-refractivity contribution in [3.05, 3.63) is 83.6 Å². The smallest absolute Gasteiger partial charge is 0.337 e. The van der Waals surface area contributed by atoms with Crippen molar-refractivity contribution in [1.29, 1.82) is 0 Å². The van der Waals surface area contributed by atoms with Crippen LogP contribution in [0.15, 0.2) is 65.7 Å². The number of sulfone groups is 1. The SMILES string of the molecule is O=C(O)c1ccc(NC(=O)C(Oc2ccc(F)cc2F)c2ccc(S(=O)(=O)C3CCOCC3)cc2)nc1. The molecule has 2 N–H and O–H groups in total. The number of nitrogens with one attached hydrogen (secondary N) is 1. The molecule has 9 nitrogen and oxygen atoms in total. The lowest BCUT2D eigenvalue weighted by atomic mass is 10.1. The number of benzene rings is 2. The Hall–Kier alpha value is -3.90. The van der Waals surface area contributed by atoms with E-state index in [1.807, 2.05) is 0 Å². The first-order valence-corrected chi connectivity index (χ1v) is 12.7. The number of carboxylic acids is 1. The average molecular weight is 533 g/mol. The Bertz CT molecular complexity index is 1390. The standard InChI is InChI=1S/C25H22F2N2O7S/c26-17-4-7-21(20(27)13-17)36-23(24(30)29-22-8-3-16(14-28-22)25(31)32)15-1-5-18(6-2-15)37(33,34)19-9-11-35-12-10-19/h1-8,13-14,19,23H,9-12H2,(H,31,32)(H,28,29,30). The van der Waals surface area contributed by atoms with Crippen LogP contribution in [0.2, 0.25) is 0 Å². The Morgan fingerprint density at radius 2 is 1.76 bits per heavy atom. The third kappa shape index (κ3) is 6.09. The highest BCUT2D eigenvalue weighted by Gasteiger charge is 2.30. The molecular formula is C25H22F2N2O7S. The fourth-order valence-corrected chi connectivity index (χ4v) is 5.48. The number of carboxylic acid groups (broad SMARTS) is 1. The summed E-state index contributed by atoms with van der Waals surface area (Å²) in [4.78, 5) is 28.1. The van der Waals surface area contributed by atoms with Gasteiger partial charge >= 0.3 is 5.97 Å². The summed E-state index contributed by atoms with van der Waals surface area (Å²) in [6.45, 7) is 0.700. The first-order valence-electron chi connectivity index (χ1n) is 11.2. The number of carbonyl (C=O) groups excluding carboxylic acids is 1. The molecule has 1 aliphatic rings. The maximum atomic E-state index is 14.3. The molecule has 1 amide bonds. The summed E-state index contributed by atoms with van der Waals surface area (Å²) in [7, 11) is -3.64. The number of rotatable bonds is 8. The number of nitrogens with zero attached hydrogens (tertiary/aromatic N) is 1. The van der Waals surface area contributed by atoms with Crippen molar-refractivity contribution in [1.82, 2.24) is 4.98 Å². The first kappa shape index (κ1) is 26.2. The number of aromatic carboxylic acids is 1. The molecular weight excluding hydrogens is 510 g/mol. The van der Waals surface area contributed by atoms with Crippen LogP contribution in [-0.4, -0.2) is 48.8 Å². The minimum atomic E-state index is -3.64. The molecule has 1 aromatic heterocycles. The number of hydrogen-bond acceptors (Lipinski definition) is 7. The van der Waals surface area contributed by atoms with E-state index in [1.165, 1.54) is 36.4 Å². The van der Waals surface area contributed by atoms with Gasteiger partial charge in [-0.2, -0.15) is 0 Å². The van der Waals surface area contributed by atoms with Gasteiger partial charge in [-0.1, -0.05) is 12.1 Å². The van der Waals surface area contributed by atoms with Crippen LogP contribution in [0.3, 0.4) is 0 Å². The maximum absolute atomic E-state index is 14.3. The van der Waals surface area contributed by atoms with Gasteiger partial charge in [0, 0.05) is 31.0 Å². The zero-order valence-electron chi connectivity index (χ0n) is 19.3. The Morgan fingerprint density at radius 1 is 1.05 bits per heavy atom. The van der Waals surface area contributed by atoms with Gasteiger partial charge in [-0.25, -0.2) is 27.0 Å². The van der Waals surface area contributed by atoms with Gasteiger partial charge in [-0.05, 0) is 49.2 Å². The molecule has 2 heterocycles. The second kappa shape index (κ2) is 11.0. The zero-order chi connectivity index (χ0) is 26.6. The van der Waals surface area contributed by atoms with E-state index < -0.39 is 50.5 Å². The Labute approximate surface area is 211 Å². The lowest BCUT2D eigenvalue weighted by molar-refractivity contribution is -0.123. The normalized spacial score (nSPS) is 15.1. The number of halogens is 2. The molecule has 4 rings (SSSR count). The molecule has 1 unspecified atom stereocenters. The van der Waals surface area contributed by atoms with Crippen molar-refractivity contribution in [3.8, 4) is 5.75 Å². The Morgan fingerprint density at radius 3 is 2.35 bits per heavy atom. The van der Waals surface area contributed by atoms with Crippen molar-refractivity contribution in [2.24, 2.45) is 0 Å². The predicted molar refractivity (Wildman–Crippen MR) is 127 cm³/mol. The minimum absolute atomic E-state index is 0.00175. The third-order valence-corrected chi connectivity index (χ3v) is 8.04. The summed E-state index contributed by atoms with van der Waals surface area (Å²) >= 11 is 0. The van der Waals surface area contributed by atoms with Gasteiger partial charge in [-0.15, -0.1) is 0 Å². The largest absolute Gasteiger partial charge is 0.478 e. The van der Waals surface area contributed by atoms with Crippen LogP contribution in [-0.2, 0) is 19.4 Å². The number of anilines is 1. The molecule has 1 fully saturated rings. The fourth-order valence-electron chi connectivity index (χ4n) is 3.77. The van der Waals surface area contributed by atoms with E-state index in [-0.39, 0.29) is 21.8 Å². The van der Waals surface area contributed by atoms with Crippen molar-refractivity contribution in [2.45, 2.75) is 29.1 Å². The first-order chi connectivity index (χ1) is 17.6. The van der Waals surface area contributed by atoms with Crippen LogP contribution >= 0.6 is 0 Å². The summed E-state index contributed by atoms with van der Waals surface area (Å²) in [6, 6.07) is 10.5. The summed E-state index contributed by atoms with van der Waals surface area (Å²) < 4.78 is 64.5. The van der Waals surface area contributed by atoms with Gasteiger partial charge in [0.15, 0.2) is 21.4 Å². The fraction of sp³-hybridized carbons (Fsp3) is 0.240. The molecule has 0 saturated carbocycles. The lowest BCUT2D eigenvalue weighted by Gasteiger charge is -2.23. The predicted octanol–water partition coefficient (Wildman–Crippen LogP) is 3.77. The molecule has 1 atom stereocenters. The second-order valence-corrected chi connectivity index (χ2v) is 10.5.